The maximum absolute atomic E-state index is 10.3. The second-order valence-corrected chi connectivity index (χ2v) is 4.24. The molecule has 114 valence electrons. The van der Waals surface area contributed by atoms with Crippen LogP contribution < -0.4 is 4.74 Å². The van der Waals surface area contributed by atoms with Crippen molar-refractivity contribution in [3.63, 3.8) is 0 Å². The predicted octanol–water partition coefficient (Wildman–Crippen LogP) is 2.65. The van der Waals surface area contributed by atoms with Gasteiger partial charge in [0.05, 0.1) is 13.2 Å². The van der Waals surface area contributed by atoms with Crippen molar-refractivity contribution in [1.82, 2.24) is 0 Å². The van der Waals surface area contributed by atoms with Crippen LogP contribution in [-0.4, -0.2) is 38.2 Å². The van der Waals surface area contributed by atoms with Crippen LogP contribution in [0, 0.1) is 6.92 Å². The monoisotopic (exact) mass is 292 g/mol. The molecule has 0 amide bonds. The van der Waals surface area contributed by atoms with Gasteiger partial charge in [-0.2, -0.15) is 0 Å². The molecule has 21 heavy (non-hydrogen) atoms. The number of carbonyl (C=O) groups is 1. The second kappa shape index (κ2) is 9.74. The van der Waals surface area contributed by atoms with Gasteiger partial charge in [-0.05, 0) is 30.2 Å². The summed E-state index contributed by atoms with van der Waals surface area (Å²) in [4.78, 5) is 10.3. The number of hydrogen-bond donors (Lipinski definition) is 1. The first-order valence-electron chi connectivity index (χ1n) is 6.51. The quantitative estimate of drug-likeness (QED) is 0.328. The molecule has 0 heterocycles. The van der Waals surface area contributed by atoms with Crippen LogP contribution in [0.3, 0.4) is 0 Å². The van der Waals surface area contributed by atoms with Gasteiger partial charge in [0, 0.05) is 13.2 Å². The maximum Gasteiger partial charge on any atom is 0.328 e. The third-order valence-electron chi connectivity index (χ3n) is 2.57. The van der Waals surface area contributed by atoms with E-state index < -0.39 is 5.97 Å². The Morgan fingerprint density at radius 1 is 1.29 bits per heavy atom. The number of aryl methyl sites for hydroxylation is 1. The van der Waals surface area contributed by atoms with Crippen molar-refractivity contribution < 1.29 is 24.1 Å². The topological polar surface area (TPSA) is 65.0 Å². The zero-order chi connectivity index (χ0) is 15.5. The lowest BCUT2D eigenvalue weighted by molar-refractivity contribution is -0.131. The van der Waals surface area contributed by atoms with E-state index in [1.54, 1.807) is 13.2 Å². The second-order valence-electron chi connectivity index (χ2n) is 4.24. The fourth-order valence-corrected chi connectivity index (χ4v) is 1.55. The van der Waals surface area contributed by atoms with E-state index in [1.807, 2.05) is 31.2 Å². The summed E-state index contributed by atoms with van der Waals surface area (Å²) in [5.41, 5.74) is 1.95. The van der Waals surface area contributed by atoms with Gasteiger partial charge in [-0.3, -0.25) is 0 Å². The zero-order valence-electron chi connectivity index (χ0n) is 12.2. The summed E-state index contributed by atoms with van der Waals surface area (Å²) >= 11 is 0. The Kier molecular flexibility index (Phi) is 7.86. The lowest BCUT2D eigenvalue weighted by Crippen LogP contribution is -2.08. The number of aliphatic carboxylic acids is 1. The Hall–Kier alpha value is -2.11. The van der Waals surface area contributed by atoms with E-state index in [4.69, 9.17) is 19.3 Å². The average molecular weight is 292 g/mol. The minimum Gasteiger partial charge on any atom is -0.478 e. The van der Waals surface area contributed by atoms with Gasteiger partial charge in [0.1, 0.15) is 5.75 Å². The molecule has 0 aromatic heterocycles. The lowest BCUT2D eigenvalue weighted by Gasteiger charge is -2.10. The Balaban J connectivity index is 2.49. The third-order valence-corrected chi connectivity index (χ3v) is 2.57. The Morgan fingerprint density at radius 3 is 2.76 bits per heavy atom. The molecule has 0 saturated carbocycles. The molecule has 0 aliphatic heterocycles. The number of methoxy groups -OCH3 is 1. The van der Waals surface area contributed by atoms with Gasteiger partial charge in [0.15, 0.2) is 6.79 Å². The van der Waals surface area contributed by atoms with E-state index in [0.29, 0.717) is 13.2 Å². The molecular formula is C16H20O5. The highest BCUT2D eigenvalue weighted by Crippen LogP contribution is 2.19. The minimum atomic E-state index is -0.965. The fraction of sp³-hybridized carbons (Fsp3) is 0.312. The van der Waals surface area contributed by atoms with E-state index in [9.17, 15) is 4.79 Å². The maximum atomic E-state index is 10.3. The van der Waals surface area contributed by atoms with Crippen molar-refractivity contribution in [2.24, 2.45) is 0 Å². The number of ether oxygens (including phenoxy) is 3. The highest BCUT2D eigenvalue weighted by Gasteiger charge is 2.00. The van der Waals surface area contributed by atoms with Gasteiger partial charge in [-0.25, -0.2) is 4.79 Å². The molecule has 0 radical (unpaired) electrons. The van der Waals surface area contributed by atoms with E-state index in [-0.39, 0.29) is 6.79 Å². The van der Waals surface area contributed by atoms with Crippen LogP contribution >= 0.6 is 0 Å². The van der Waals surface area contributed by atoms with Crippen LogP contribution in [0.2, 0.25) is 0 Å². The van der Waals surface area contributed by atoms with Gasteiger partial charge in [-0.1, -0.05) is 24.3 Å². The van der Waals surface area contributed by atoms with Crippen LogP contribution in [0.1, 0.15) is 11.1 Å². The average Bonchev–Trinajstić information content (AvgIpc) is 2.45. The van der Waals surface area contributed by atoms with Gasteiger partial charge in [0.25, 0.3) is 0 Å². The summed E-state index contributed by atoms with van der Waals surface area (Å²) in [6.45, 7) is 3.15. The molecule has 0 atom stereocenters. The molecular weight excluding hydrogens is 272 g/mol. The van der Waals surface area contributed by atoms with Crippen LogP contribution in [0.5, 0.6) is 5.75 Å². The Morgan fingerprint density at radius 2 is 2.10 bits per heavy atom. The SMILES string of the molecule is COCCOCOc1ccc(/C=C/C=C/C(=O)O)cc1C. The zero-order valence-corrected chi connectivity index (χ0v) is 12.2. The third kappa shape index (κ3) is 7.29. The van der Waals surface area contributed by atoms with Crippen LogP contribution in [0.25, 0.3) is 6.08 Å². The molecule has 0 bridgehead atoms. The summed E-state index contributed by atoms with van der Waals surface area (Å²) in [5, 5.41) is 8.47. The molecule has 1 rings (SSSR count). The Labute approximate surface area is 124 Å². The highest BCUT2D eigenvalue weighted by molar-refractivity contribution is 5.80. The van der Waals surface area contributed by atoms with Crippen molar-refractivity contribution >= 4 is 12.0 Å². The molecule has 0 aliphatic carbocycles. The minimum absolute atomic E-state index is 0.181. The van der Waals surface area contributed by atoms with E-state index in [1.165, 1.54) is 6.08 Å². The summed E-state index contributed by atoms with van der Waals surface area (Å²) < 4.78 is 15.6. The van der Waals surface area contributed by atoms with Gasteiger partial charge in [0.2, 0.25) is 0 Å². The van der Waals surface area contributed by atoms with Gasteiger partial charge in [-0.15, -0.1) is 0 Å². The van der Waals surface area contributed by atoms with E-state index in [2.05, 4.69) is 0 Å². The highest BCUT2D eigenvalue weighted by atomic mass is 16.7. The van der Waals surface area contributed by atoms with Crippen molar-refractivity contribution in [1.29, 1.82) is 0 Å². The molecule has 0 saturated heterocycles. The standard InChI is InChI=1S/C16H20O5/c1-13-11-14(5-3-4-6-16(17)18)7-8-15(13)21-12-20-10-9-19-2/h3-8,11H,9-10,12H2,1-2H3,(H,17,18)/b5-3+,6-4+. The smallest absolute Gasteiger partial charge is 0.328 e. The van der Waals surface area contributed by atoms with Crippen molar-refractivity contribution in [2.45, 2.75) is 6.92 Å². The molecule has 1 aromatic carbocycles. The largest absolute Gasteiger partial charge is 0.478 e. The molecule has 5 heteroatoms. The normalized spacial score (nSPS) is 11.3. The van der Waals surface area contributed by atoms with Gasteiger partial charge < -0.3 is 19.3 Å². The summed E-state index contributed by atoms with van der Waals surface area (Å²) in [6, 6.07) is 5.70. The molecule has 5 nitrogen and oxygen atoms in total. The van der Waals surface area contributed by atoms with Crippen molar-refractivity contribution in [3.8, 4) is 5.75 Å². The summed E-state index contributed by atoms with van der Waals surface area (Å²) in [5.74, 6) is -0.210. The number of carboxylic acids is 1. The molecule has 1 aromatic rings. The van der Waals surface area contributed by atoms with Crippen LogP contribution in [0.4, 0.5) is 0 Å². The molecule has 1 N–H and O–H groups in total. The summed E-state index contributed by atoms with van der Waals surface area (Å²) in [7, 11) is 1.62. The van der Waals surface area contributed by atoms with Crippen LogP contribution in [-0.2, 0) is 14.3 Å². The number of allylic oxidation sites excluding steroid dienone is 2. The first-order valence-corrected chi connectivity index (χ1v) is 6.51. The number of carboxylic acid groups (broad SMARTS) is 1. The lowest BCUT2D eigenvalue weighted by atomic mass is 10.1. The fourth-order valence-electron chi connectivity index (χ4n) is 1.55. The summed E-state index contributed by atoms with van der Waals surface area (Å²) in [6.07, 6.45) is 6.06. The molecule has 0 aliphatic rings. The number of hydrogen-bond acceptors (Lipinski definition) is 4. The van der Waals surface area contributed by atoms with Crippen LogP contribution in [0.15, 0.2) is 36.4 Å². The van der Waals surface area contributed by atoms with Crippen molar-refractivity contribution in [2.75, 3.05) is 27.1 Å². The first-order chi connectivity index (χ1) is 10.1. The molecule has 0 fully saturated rings. The first kappa shape index (κ1) is 16.9. The Bertz CT molecular complexity index is 505. The predicted molar refractivity (Wildman–Crippen MR) is 80.3 cm³/mol. The molecule has 0 spiro atoms. The van der Waals surface area contributed by atoms with Gasteiger partial charge >= 0.3 is 5.97 Å². The molecule has 0 unspecified atom stereocenters. The van der Waals surface area contributed by atoms with E-state index >= 15 is 0 Å². The van der Waals surface area contributed by atoms with E-state index in [0.717, 1.165) is 23.0 Å². The number of benzene rings is 1. The van der Waals surface area contributed by atoms with Crippen molar-refractivity contribution in [3.05, 3.63) is 47.6 Å². The number of rotatable bonds is 9.